The molecule has 3 rings (SSSR count). The monoisotopic (exact) mass is 352 g/mol. The Labute approximate surface area is 152 Å². The van der Waals surface area contributed by atoms with Crippen LogP contribution in [-0.4, -0.2) is 23.6 Å². The second-order valence-corrected chi connectivity index (χ2v) is 5.98. The largest absolute Gasteiger partial charge is 0.490 e. The minimum absolute atomic E-state index is 0.135. The van der Waals surface area contributed by atoms with E-state index in [1.54, 1.807) is 18.2 Å². The van der Waals surface area contributed by atoms with Crippen LogP contribution in [0.3, 0.4) is 0 Å². The van der Waals surface area contributed by atoms with E-state index in [-0.39, 0.29) is 17.5 Å². The maximum Gasteiger partial charge on any atom is 0.251 e. The molecule has 0 aliphatic carbocycles. The zero-order valence-electron chi connectivity index (χ0n) is 14.6. The quantitative estimate of drug-likeness (QED) is 0.650. The molecule has 0 saturated heterocycles. The molecule has 0 aliphatic heterocycles. The average Bonchev–Trinajstić information content (AvgIpc) is 3.17. The molecule has 0 fully saturated rings. The maximum absolute atomic E-state index is 13.4. The second kappa shape index (κ2) is 8.34. The van der Waals surface area contributed by atoms with Gasteiger partial charge in [-0.2, -0.15) is 0 Å². The number of benzene rings is 2. The molecular formula is C21H21FN2O2. The minimum atomic E-state index is -0.381. The molecule has 26 heavy (non-hydrogen) atoms. The molecule has 0 bridgehead atoms. The maximum atomic E-state index is 13.4. The van der Waals surface area contributed by atoms with Gasteiger partial charge in [-0.3, -0.25) is 4.79 Å². The molecule has 134 valence electrons. The van der Waals surface area contributed by atoms with Gasteiger partial charge in [-0.05, 0) is 55.3 Å². The average molecular weight is 352 g/mol. The Kier molecular flexibility index (Phi) is 5.69. The highest BCUT2D eigenvalue weighted by Gasteiger charge is 2.09. The number of nitrogens with one attached hydrogen (secondary N) is 1. The van der Waals surface area contributed by atoms with Crippen LogP contribution >= 0.6 is 0 Å². The standard InChI is InChI=1S/C21H21FN2O2/c1-16-9-10-17(15-19(16)24-12-4-5-13-24)21(25)23-11-6-14-26-20-8-3-2-7-18(20)22/h2-5,7-10,12-13,15H,6,11,14H2,1H3,(H,23,25). The van der Waals surface area contributed by atoms with Crippen LogP contribution in [0.25, 0.3) is 5.69 Å². The number of hydrogen-bond donors (Lipinski definition) is 1. The van der Waals surface area contributed by atoms with Gasteiger partial charge in [0, 0.05) is 30.2 Å². The normalized spacial score (nSPS) is 10.5. The van der Waals surface area contributed by atoms with Gasteiger partial charge in [-0.1, -0.05) is 18.2 Å². The first-order valence-electron chi connectivity index (χ1n) is 8.54. The zero-order valence-corrected chi connectivity index (χ0v) is 14.6. The van der Waals surface area contributed by atoms with Gasteiger partial charge in [0.05, 0.1) is 6.61 Å². The van der Waals surface area contributed by atoms with Crippen LogP contribution in [0.15, 0.2) is 67.0 Å². The van der Waals surface area contributed by atoms with Gasteiger partial charge < -0.3 is 14.6 Å². The summed E-state index contributed by atoms with van der Waals surface area (Å²) in [5.74, 6) is -0.285. The van der Waals surface area contributed by atoms with Crippen molar-refractivity contribution in [3.63, 3.8) is 0 Å². The van der Waals surface area contributed by atoms with Gasteiger partial charge in [-0.15, -0.1) is 0 Å². The molecule has 1 aromatic heterocycles. The van der Waals surface area contributed by atoms with Crippen molar-refractivity contribution in [3.05, 3.63) is 83.9 Å². The molecule has 1 N–H and O–H groups in total. The minimum Gasteiger partial charge on any atom is -0.490 e. The topological polar surface area (TPSA) is 43.3 Å². The van der Waals surface area contributed by atoms with Crippen molar-refractivity contribution in [3.8, 4) is 11.4 Å². The van der Waals surface area contributed by atoms with Gasteiger partial charge in [0.25, 0.3) is 5.91 Å². The van der Waals surface area contributed by atoms with Crippen LogP contribution in [0, 0.1) is 12.7 Å². The lowest BCUT2D eigenvalue weighted by molar-refractivity contribution is 0.0951. The molecule has 0 spiro atoms. The second-order valence-electron chi connectivity index (χ2n) is 5.98. The highest BCUT2D eigenvalue weighted by atomic mass is 19.1. The van der Waals surface area contributed by atoms with E-state index in [0.29, 0.717) is 25.1 Å². The molecule has 0 radical (unpaired) electrons. The Bertz CT molecular complexity index is 875. The highest BCUT2D eigenvalue weighted by Crippen LogP contribution is 2.17. The number of ether oxygens (including phenoxy) is 1. The smallest absolute Gasteiger partial charge is 0.251 e. The third-order valence-electron chi connectivity index (χ3n) is 4.05. The fraction of sp³-hybridized carbons (Fsp3) is 0.190. The molecule has 3 aromatic rings. The van der Waals surface area contributed by atoms with Crippen LogP contribution in [0.1, 0.15) is 22.3 Å². The number of aryl methyl sites for hydroxylation is 1. The lowest BCUT2D eigenvalue weighted by atomic mass is 10.1. The summed E-state index contributed by atoms with van der Waals surface area (Å²) in [6.07, 6.45) is 4.49. The number of para-hydroxylation sites is 1. The van der Waals surface area contributed by atoms with E-state index < -0.39 is 0 Å². The Hall–Kier alpha value is -3.08. The van der Waals surface area contributed by atoms with Crippen LogP contribution in [0.2, 0.25) is 0 Å². The van der Waals surface area contributed by atoms with E-state index in [1.807, 2.05) is 54.2 Å². The molecule has 0 atom stereocenters. The van der Waals surface area contributed by atoms with Crippen LogP contribution in [0.5, 0.6) is 5.75 Å². The van der Waals surface area contributed by atoms with Gasteiger partial charge >= 0.3 is 0 Å². The Morgan fingerprint density at radius 1 is 1.12 bits per heavy atom. The predicted molar refractivity (Wildman–Crippen MR) is 99.4 cm³/mol. The number of hydrogen-bond acceptors (Lipinski definition) is 2. The van der Waals surface area contributed by atoms with E-state index in [9.17, 15) is 9.18 Å². The third kappa shape index (κ3) is 4.30. The van der Waals surface area contributed by atoms with Crippen molar-refractivity contribution >= 4 is 5.91 Å². The molecule has 4 nitrogen and oxygen atoms in total. The number of nitrogens with zero attached hydrogens (tertiary/aromatic N) is 1. The fourth-order valence-electron chi connectivity index (χ4n) is 2.64. The van der Waals surface area contributed by atoms with Crippen molar-refractivity contribution in [1.82, 2.24) is 9.88 Å². The van der Waals surface area contributed by atoms with Crippen LogP contribution < -0.4 is 10.1 Å². The Morgan fingerprint density at radius 2 is 1.88 bits per heavy atom. The Balaban J connectivity index is 1.51. The lowest BCUT2D eigenvalue weighted by Gasteiger charge is -2.11. The van der Waals surface area contributed by atoms with Crippen molar-refractivity contribution < 1.29 is 13.9 Å². The first-order chi connectivity index (χ1) is 12.6. The van der Waals surface area contributed by atoms with Crippen LogP contribution in [0.4, 0.5) is 4.39 Å². The fourth-order valence-corrected chi connectivity index (χ4v) is 2.64. The van der Waals surface area contributed by atoms with E-state index in [1.165, 1.54) is 6.07 Å². The summed E-state index contributed by atoms with van der Waals surface area (Å²) in [5.41, 5.74) is 2.68. The van der Waals surface area contributed by atoms with E-state index in [2.05, 4.69) is 5.32 Å². The first-order valence-corrected chi connectivity index (χ1v) is 8.54. The molecule has 2 aromatic carbocycles. The molecule has 0 aliphatic rings. The summed E-state index contributed by atoms with van der Waals surface area (Å²) < 4.78 is 20.8. The summed E-state index contributed by atoms with van der Waals surface area (Å²) >= 11 is 0. The lowest BCUT2D eigenvalue weighted by Crippen LogP contribution is -2.25. The third-order valence-corrected chi connectivity index (χ3v) is 4.05. The van der Waals surface area contributed by atoms with Gasteiger partial charge in [-0.25, -0.2) is 4.39 Å². The number of carbonyl (C=O) groups excluding carboxylic acids is 1. The van der Waals surface area contributed by atoms with E-state index >= 15 is 0 Å². The summed E-state index contributed by atoms with van der Waals surface area (Å²) in [6, 6.07) is 15.8. The number of halogens is 1. The predicted octanol–water partition coefficient (Wildman–Crippen LogP) is 4.12. The zero-order chi connectivity index (χ0) is 18.4. The van der Waals surface area contributed by atoms with Gasteiger partial charge in [0.2, 0.25) is 0 Å². The molecular weight excluding hydrogens is 331 g/mol. The number of carbonyl (C=O) groups is 1. The van der Waals surface area contributed by atoms with Crippen LogP contribution in [-0.2, 0) is 0 Å². The van der Waals surface area contributed by atoms with Crippen molar-refractivity contribution in [2.24, 2.45) is 0 Å². The number of amides is 1. The van der Waals surface area contributed by atoms with Crippen molar-refractivity contribution in [1.29, 1.82) is 0 Å². The summed E-state index contributed by atoms with van der Waals surface area (Å²) in [6.45, 7) is 2.81. The summed E-state index contributed by atoms with van der Waals surface area (Å²) in [7, 11) is 0. The SMILES string of the molecule is Cc1ccc(C(=O)NCCCOc2ccccc2F)cc1-n1cccc1. The van der Waals surface area contributed by atoms with Crippen molar-refractivity contribution in [2.75, 3.05) is 13.2 Å². The molecule has 5 heteroatoms. The summed E-state index contributed by atoms with van der Waals surface area (Å²) in [4.78, 5) is 12.3. The van der Waals surface area contributed by atoms with E-state index in [4.69, 9.17) is 4.74 Å². The van der Waals surface area contributed by atoms with E-state index in [0.717, 1.165) is 11.3 Å². The number of rotatable bonds is 7. The number of aromatic nitrogens is 1. The Morgan fingerprint density at radius 3 is 2.65 bits per heavy atom. The molecule has 0 saturated carbocycles. The van der Waals surface area contributed by atoms with Gasteiger partial charge in [0.15, 0.2) is 11.6 Å². The molecule has 0 unspecified atom stereocenters. The summed E-state index contributed by atoms with van der Waals surface area (Å²) in [5, 5.41) is 2.87. The molecule has 1 heterocycles. The van der Waals surface area contributed by atoms with Gasteiger partial charge in [0.1, 0.15) is 0 Å². The first kappa shape index (κ1) is 17.7. The van der Waals surface area contributed by atoms with Crippen molar-refractivity contribution in [2.45, 2.75) is 13.3 Å². The molecule has 1 amide bonds. The highest BCUT2D eigenvalue weighted by molar-refractivity contribution is 5.94.